The van der Waals surface area contributed by atoms with E-state index in [-0.39, 0.29) is 10.8 Å². The van der Waals surface area contributed by atoms with E-state index in [1.165, 1.54) is 5.56 Å². The Morgan fingerprint density at radius 3 is 1.77 bits per heavy atom. The van der Waals surface area contributed by atoms with Gasteiger partial charge in [-0.25, -0.2) is 0 Å². The number of hydrogen-bond donors (Lipinski definition) is 0. The predicted molar refractivity (Wildman–Crippen MR) is 56.1 cm³/mol. The maximum atomic E-state index is 5.56. The summed E-state index contributed by atoms with van der Waals surface area (Å²) in [5.74, 6) is 1.11. The topological polar surface area (TPSA) is 13.1 Å². The first-order valence-corrected chi connectivity index (χ1v) is 4.81. The van der Waals surface area contributed by atoms with Gasteiger partial charge >= 0.3 is 0 Å². The summed E-state index contributed by atoms with van der Waals surface area (Å²) in [6.07, 6.45) is 1.79. The fraction of sp³-hybridized carbons (Fsp3) is 0.667. The Labute approximate surface area is 81.1 Å². The van der Waals surface area contributed by atoms with E-state index in [9.17, 15) is 0 Å². The van der Waals surface area contributed by atoms with E-state index in [1.807, 2.05) is 0 Å². The van der Waals surface area contributed by atoms with Gasteiger partial charge in [-0.3, -0.25) is 0 Å². The highest BCUT2D eigenvalue weighted by atomic mass is 16.3. The van der Waals surface area contributed by atoms with E-state index < -0.39 is 0 Å². The second-order valence-electron chi connectivity index (χ2n) is 5.66. The highest BCUT2D eigenvalue weighted by molar-refractivity contribution is 5.29. The summed E-state index contributed by atoms with van der Waals surface area (Å²) in [6.45, 7) is 13.2. The third-order valence-corrected chi connectivity index (χ3v) is 2.15. The molecule has 0 N–H and O–H groups in total. The van der Waals surface area contributed by atoms with Crippen LogP contribution in [0.2, 0.25) is 0 Å². The van der Waals surface area contributed by atoms with Crippen molar-refractivity contribution in [2.24, 2.45) is 0 Å². The molecule has 0 bridgehead atoms. The first kappa shape index (κ1) is 10.4. The normalized spacial score (nSPS) is 13.4. The van der Waals surface area contributed by atoms with E-state index in [0.29, 0.717) is 0 Å². The molecular formula is C12H20O. The van der Waals surface area contributed by atoms with Crippen molar-refractivity contribution in [3.63, 3.8) is 0 Å². The minimum absolute atomic E-state index is 0.103. The van der Waals surface area contributed by atoms with Gasteiger partial charge in [0.05, 0.1) is 6.26 Å². The lowest BCUT2D eigenvalue weighted by Gasteiger charge is -2.24. The molecule has 0 spiro atoms. The summed E-state index contributed by atoms with van der Waals surface area (Å²) < 4.78 is 5.56. The van der Waals surface area contributed by atoms with E-state index in [0.717, 1.165) is 5.76 Å². The molecule has 1 heterocycles. The van der Waals surface area contributed by atoms with E-state index >= 15 is 0 Å². The molecule has 1 nitrogen and oxygen atoms in total. The van der Waals surface area contributed by atoms with Crippen LogP contribution in [0.4, 0.5) is 0 Å². The summed E-state index contributed by atoms with van der Waals surface area (Å²) in [5.41, 5.74) is 1.60. The van der Waals surface area contributed by atoms with Crippen molar-refractivity contribution in [3.05, 3.63) is 23.7 Å². The Bertz CT molecular complexity index is 252. The first-order chi connectivity index (χ1) is 5.73. The minimum Gasteiger partial charge on any atom is -0.468 e. The van der Waals surface area contributed by atoms with Gasteiger partial charge in [0, 0.05) is 5.41 Å². The van der Waals surface area contributed by atoms with Crippen LogP contribution in [0.25, 0.3) is 0 Å². The van der Waals surface area contributed by atoms with Gasteiger partial charge in [0.25, 0.3) is 0 Å². The van der Waals surface area contributed by atoms with Crippen molar-refractivity contribution >= 4 is 0 Å². The molecule has 0 atom stereocenters. The molecule has 0 saturated heterocycles. The molecule has 0 amide bonds. The monoisotopic (exact) mass is 180 g/mol. The molecule has 13 heavy (non-hydrogen) atoms. The lowest BCUT2D eigenvalue weighted by molar-refractivity contribution is 0.392. The van der Waals surface area contributed by atoms with Crippen LogP contribution in [0.5, 0.6) is 0 Å². The number of rotatable bonds is 0. The Morgan fingerprint density at radius 2 is 1.46 bits per heavy atom. The van der Waals surface area contributed by atoms with Crippen molar-refractivity contribution in [2.45, 2.75) is 52.4 Å². The van der Waals surface area contributed by atoms with Crippen molar-refractivity contribution in [1.82, 2.24) is 0 Å². The molecule has 1 aromatic heterocycles. The Kier molecular flexibility index (Phi) is 2.31. The smallest absolute Gasteiger partial charge is 0.112 e. The standard InChI is InChI=1S/C12H20O/c1-11(2,3)9-7-8-13-10(9)12(4,5)6/h7-8H,1-6H3. The van der Waals surface area contributed by atoms with Crippen LogP contribution in [0.1, 0.15) is 52.9 Å². The van der Waals surface area contributed by atoms with Crippen LogP contribution in [-0.2, 0) is 10.8 Å². The van der Waals surface area contributed by atoms with E-state index in [4.69, 9.17) is 4.42 Å². The van der Waals surface area contributed by atoms with Gasteiger partial charge in [-0.05, 0) is 17.0 Å². The lowest BCUT2D eigenvalue weighted by Crippen LogP contribution is -2.19. The molecule has 1 heteroatoms. The summed E-state index contributed by atoms with van der Waals surface area (Å²) in [7, 11) is 0. The third kappa shape index (κ3) is 2.15. The first-order valence-electron chi connectivity index (χ1n) is 4.81. The van der Waals surface area contributed by atoms with Gasteiger partial charge in [0.1, 0.15) is 5.76 Å². The molecule has 0 aromatic carbocycles. The quantitative estimate of drug-likeness (QED) is 0.590. The largest absolute Gasteiger partial charge is 0.468 e. The second kappa shape index (κ2) is 2.90. The summed E-state index contributed by atoms with van der Waals surface area (Å²) in [4.78, 5) is 0. The fourth-order valence-corrected chi connectivity index (χ4v) is 1.48. The lowest BCUT2D eigenvalue weighted by atomic mass is 9.80. The number of hydrogen-bond acceptors (Lipinski definition) is 1. The molecule has 1 rings (SSSR count). The average molecular weight is 180 g/mol. The third-order valence-electron chi connectivity index (χ3n) is 2.15. The van der Waals surface area contributed by atoms with Crippen LogP contribution in [0, 0.1) is 0 Å². The van der Waals surface area contributed by atoms with Crippen molar-refractivity contribution in [1.29, 1.82) is 0 Å². The van der Waals surface area contributed by atoms with E-state index in [1.54, 1.807) is 6.26 Å². The second-order valence-corrected chi connectivity index (χ2v) is 5.66. The highest BCUT2D eigenvalue weighted by Gasteiger charge is 2.27. The molecular weight excluding hydrogens is 160 g/mol. The molecule has 0 saturated carbocycles. The van der Waals surface area contributed by atoms with Gasteiger partial charge in [0.15, 0.2) is 0 Å². The Morgan fingerprint density at radius 1 is 0.923 bits per heavy atom. The molecule has 74 valence electrons. The van der Waals surface area contributed by atoms with Crippen LogP contribution >= 0.6 is 0 Å². The number of furan rings is 1. The molecule has 1 aromatic rings. The maximum Gasteiger partial charge on any atom is 0.112 e. The minimum atomic E-state index is 0.103. The van der Waals surface area contributed by atoms with Crippen LogP contribution in [0.15, 0.2) is 16.7 Å². The predicted octanol–water partition coefficient (Wildman–Crippen LogP) is 3.87. The van der Waals surface area contributed by atoms with Crippen LogP contribution in [-0.4, -0.2) is 0 Å². The SMILES string of the molecule is CC(C)(C)c1ccoc1C(C)(C)C. The zero-order valence-electron chi connectivity index (χ0n) is 9.56. The summed E-state index contributed by atoms with van der Waals surface area (Å²) in [6, 6.07) is 2.08. The van der Waals surface area contributed by atoms with Gasteiger partial charge < -0.3 is 4.42 Å². The Hall–Kier alpha value is -0.720. The zero-order valence-corrected chi connectivity index (χ0v) is 9.56. The molecule has 0 unspecified atom stereocenters. The van der Waals surface area contributed by atoms with Crippen LogP contribution in [0.3, 0.4) is 0 Å². The van der Waals surface area contributed by atoms with Gasteiger partial charge in [-0.1, -0.05) is 41.5 Å². The molecule has 0 aliphatic rings. The van der Waals surface area contributed by atoms with Crippen LogP contribution < -0.4 is 0 Å². The zero-order chi connectivity index (χ0) is 10.3. The van der Waals surface area contributed by atoms with Crippen molar-refractivity contribution < 1.29 is 4.42 Å². The molecule has 0 fully saturated rings. The van der Waals surface area contributed by atoms with Gasteiger partial charge in [-0.2, -0.15) is 0 Å². The highest BCUT2D eigenvalue weighted by Crippen LogP contribution is 2.34. The summed E-state index contributed by atoms with van der Waals surface area (Å²) in [5, 5.41) is 0. The van der Waals surface area contributed by atoms with Gasteiger partial charge in [0.2, 0.25) is 0 Å². The Balaban J connectivity index is 3.19. The molecule has 0 aliphatic carbocycles. The maximum absolute atomic E-state index is 5.56. The van der Waals surface area contributed by atoms with Crippen molar-refractivity contribution in [2.75, 3.05) is 0 Å². The fourth-order valence-electron chi connectivity index (χ4n) is 1.48. The van der Waals surface area contributed by atoms with Gasteiger partial charge in [-0.15, -0.1) is 0 Å². The van der Waals surface area contributed by atoms with Crippen molar-refractivity contribution in [3.8, 4) is 0 Å². The van der Waals surface area contributed by atoms with E-state index in [2.05, 4.69) is 47.6 Å². The summed E-state index contributed by atoms with van der Waals surface area (Å²) >= 11 is 0. The molecule has 0 aliphatic heterocycles. The molecule has 0 radical (unpaired) electrons. The average Bonchev–Trinajstić information content (AvgIpc) is 2.27.